The van der Waals surface area contributed by atoms with Gasteiger partial charge in [-0.05, 0) is 43.4 Å². The third-order valence-electron chi connectivity index (χ3n) is 3.27. The molecule has 0 aliphatic heterocycles. The van der Waals surface area contributed by atoms with Crippen molar-refractivity contribution in [3.8, 4) is 0 Å². The van der Waals surface area contributed by atoms with Gasteiger partial charge in [0.15, 0.2) is 0 Å². The maximum atomic E-state index is 13.3. The van der Waals surface area contributed by atoms with Gasteiger partial charge in [-0.1, -0.05) is 28.1 Å². The lowest BCUT2D eigenvalue weighted by molar-refractivity contribution is -0.120. The number of hydrogen-bond acceptors (Lipinski definition) is 2. The van der Waals surface area contributed by atoms with E-state index in [1.54, 1.807) is 13.0 Å². The predicted octanol–water partition coefficient (Wildman–Crippen LogP) is 3.19. The van der Waals surface area contributed by atoms with E-state index >= 15 is 0 Å². The van der Waals surface area contributed by atoms with Crippen LogP contribution in [0.5, 0.6) is 0 Å². The normalized spacial score (nSPS) is 17.6. The second kappa shape index (κ2) is 7.18. The molecule has 0 bridgehead atoms. The first-order valence-electron chi connectivity index (χ1n) is 6.85. The van der Waals surface area contributed by atoms with Gasteiger partial charge in [0.2, 0.25) is 5.91 Å². The molecule has 1 aliphatic carbocycles. The summed E-state index contributed by atoms with van der Waals surface area (Å²) < 4.78 is 19.2. The van der Waals surface area contributed by atoms with Gasteiger partial charge in [-0.25, -0.2) is 4.39 Å². The quantitative estimate of drug-likeness (QED) is 0.772. The highest BCUT2D eigenvalue weighted by atomic mass is 79.9. The number of ether oxygens (including phenoxy) is 1. The fraction of sp³-hybridized carbons (Fsp3) is 0.533. The van der Waals surface area contributed by atoms with E-state index in [0.717, 1.165) is 5.56 Å². The number of halogens is 2. The molecule has 1 aliphatic rings. The minimum atomic E-state index is -0.304. The van der Waals surface area contributed by atoms with Crippen molar-refractivity contribution in [2.24, 2.45) is 5.92 Å². The summed E-state index contributed by atoms with van der Waals surface area (Å²) in [6.45, 7) is 2.78. The molecule has 0 radical (unpaired) electrons. The van der Waals surface area contributed by atoms with Crippen LogP contribution in [0.3, 0.4) is 0 Å². The Morgan fingerprint density at radius 3 is 2.90 bits per heavy atom. The van der Waals surface area contributed by atoms with Crippen molar-refractivity contribution in [3.05, 3.63) is 35.6 Å². The Bertz CT molecular complexity index is 463. The predicted molar refractivity (Wildman–Crippen MR) is 79.2 cm³/mol. The summed E-state index contributed by atoms with van der Waals surface area (Å²) in [5.74, 6) is 0.237. The average molecular weight is 344 g/mol. The molecule has 0 unspecified atom stereocenters. The topological polar surface area (TPSA) is 38.3 Å². The highest BCUT2D eigenvalue weighted by Gasteiger charge is 2.24. The summed E-state index contributed by atoms with van der Waals surface area (Å²) in [5, 5.41) is 2.81. The van der Waals surface area contributed by atoms with Gasteiger partial charge >= 0.3 is 0 Å². The molecular formula is C15H19BrFNO2. The number of alkyl halides is 1. The zero-order valence-corrected chi connectivity index (χ0v) is 13.0. The Kier molecular flexibility index (Phi) is 5.54. The molecular weight excluding hydrogens is 325 g/mol. The van der Waals surface area contributed by atoms with Gasteiger partial charge in [0, 0.05) is 6.54 Å². The first kappa shape index (κ1) is 15.4. The molecule has 1 fully saturated rings. The first-order valence-corrected chi connectivity index (χ1v) is 7.76. The SMILES string of the molecule is C[C@@H](Br)C(=O)NC[C@H](OCC1CC1)c1cccc(F)c1. The van der Waals surface area contributed by atoms with Crippen LogP contribution < -0.4 is 5.32 Å². The number of hydrogen-bond donors (Lipinski definition) is 1. The van der Waals surface area contributed by atoms with Crippen LogP contribution in [0.4, 0.5) is 4.39 Å². The summed E-state index contributed by atoms with van der Waals surface area (Å²) in [5.41, 5.74) is 0.758. The molecule has 0 spiro atoms. The van der Waals surface area contributed by atoms with E-state index in [0.29, 0.717) is 19.1 Å². The smallest absolute Gasteiger partial charge is 0.233 e. The minimum absolute atomic E-state index is 0.0959. The summed E-state index contributed by atoms with van der Waals surface area (Å²) in [6.07, 6.45) is 2.09. The molecule has 0 saturated heterocycles. The second-order valence-electron chi connectivity index (χ2n) is 5.18. The lowest BCUT2D eigenvalue weighted by Gasteiger charge is -2.19. The van der Waals surface area contributed by atoms with Gasteiger partial charge in [-0.15, -0.1) is 0 Å². The number of carbonyl (C=O) groups excluding carboxylic acids is 1. The van der Waals surface area contributed by atoms with Gasteiger partial charge in [0.25, 0.3) is 0 Å². The van der Waals surface area contributed by atoms with E-state index in [9.17, 15) is 9.18 Å². The molecule has 5 heteroatoms. The maximum absolute atomic E-state index is 13.3. The standard InChI is InChI=1S/C15H19BrFNO2/c1-10(16)15(19)18-8-14(20-9-11-5-6-11)12-3-2-4-13(17)7-12/h2-4,7,10-11,14H,5-6,8-9H2,1H3,(H,18,19)/t10-,14+/m1/s1. The minimum Gasteiger partial charge on any atom is -0.371 e. The Morgan fingerprint density at radius 1 is 1.55 bits per heavy atom. The van der Waals surface area contributed by atoms with Crippen LogP contribution in [0.2, 0.25) is 0 Å². The van der Waals surface area contributed by atoms with Gasteiger partial charge in [0.05, 0.1) is 17.5 Å². The summed E-state index contributed by atoms with van der Waals surface area (Å²) in [7, 11) is 0. The van der Waals surface area contributed by atoms with Crippen LogP contribution >= 0.6 is 15.9 Å². The molecule has 110 valence electrons. The van der Waals surface area contributed by atoms with Crippen molar-refractivity contribution < 1.29 is 13.9 Å². The maximum Gasteiger partial charge on any atom is 0.233 e. The van der Waals surface area contributed by atoms with Crippen molar-refractivity contribution in [3.63, 3.8) is 0 Å². The lowest BCUT2D eigenvalue weighted by atomic mass is 10.1. The Hall–Kier alpha value is -0.940. The van der Waals surface area contributed by atoms with Crippen LogP contribution in [-0.2, 0) is 9.53 Å². The molecule has 20 heavy (non-hydrogen) atoms. The molecule has 0 aromatic heterocycles. The number of rotatable bonds is 7. The first-order chi connectivity index (χ1) is 9.56. The molecule has 1 N–H and O–H groups in total. The number of benzene rings is 1. The summed E-state index contributed by atoms with van der Waals surface area (Å²) in [6, 6.07) is 6.35. The van der Waals surface area contributed by atoms with Crippen molar-refractivity contribution >= 4 is 21.8 Å². The average Bonchev–Trinajstić information content (AvgIpc) is 3.22. The van der Waals surface area contributed by atoms with Gasteiger partial charge in [0.1, 0.15) is 5.82 Å². The molecule has 0 heterocycles. The fourth-order valence-corrected chi connectivity index (χ4v) is 2.01. The Labute approximate surface area is 127 Å². The van der Waals surface area contributed by atoms with Gasteiger partial charge in [-0.2, -0.15) is 0 Å². The highest BCUT2D eigenvalue weighted by Crippen LogP contribution is 2.31. The number of amides is 1. The fourth-order valence-electron chi connectivity index (χ4n) is 1.85. The van der Waals surface area contributed by atoms with Crippen molar-refractivity contribution in [1.29, 1.82) is 0 Å². The summed E-state index contributed by atoms with van der Waals surface area (Å²) in [4.78, 5) is 11.4. The largest absolute Gasteiger partial charge is 0.371 e. The van der Waals surface area contributed by atoms with E-state index in [-0.39, 0.29) is 22.7 Å². The van der Waals surface area contributed by atoms with Crippen LogP contribution in [0.1, 0.15) is 31.4 Å². The van der Waals surface area contributed by atoms with E-state index in [2.05, 4.69) is 21.2 Å². The third kappa shape index (κ3) is 4.87. The highest BCUT2D eigenvalue weighted by molar-refractivity contribution is 9.10. The monoisotopic (exact) mass is 343 g/mol. The van der Waals surface area contributed by atoms with Crippen molar-refractivity contribution in [2.45, 2.75) is 30.7 Å². The van der Waals surface area contributed by atoms with Crippen molar-refractivity contribution in [1.82, 2.24) is 5.32 Å². The third-order valence-corrected chi connectivity index (χ3v) is 3.69. The molecule has 3 nitrogen and oxygen atoms in total. The van der Waals surface area contributed by atoms with E-state index in [1.165, 1.54) is 25.0 Å². The van der Waals surface area contributed by atoms with Crippen molar-refractivity contribution in [2.75, 3.05) is 13.2 Å². The zero-order valence-electron chi connectivity index (χ0n) is 11.4. The number of nitrogens with one attached hydrogen (secondary N) is 1. The van der Waals surface area contributed by atoms with Gasteiger partial charge in [-0.3, -0.25) is 4.79 Å². The molecule has 2 atom stereocenters. The van der Waals surface area contributed by atoms with Crippen LogP contribution in [0, 0.1) is 11.7 Å². The van der Waals surface area contributed by atoms with Gasteiger partial charge < -0.3 is 10.1 Å². The van der Waals surface area contributed by atoms with E-state index in [1.807, 2.05) is 6.07 Å². The molecule has 1 aromatic rings. The molecule has 1 aromatic carbocycles. The Morgan fingerprint density at radius 2 is 2.30 bits per heavy atom. The summed E-state index contributed by atoms with van der Waals surface area (Å²) >= 11 is 3.22. The van der Waals surface area contributed by atoms with E-state index in [4.69, 9.17) is 4.74 Å². The zero-order chi connectivity index (χ0) is 14.5. The molecule has 2 rings (SSSR count). The van der Waals surface area contributed by atoms with Crippen LogP contribution in [0.25, 0.3) is 0 Å². The Balaban J connectivity index is 1.97. The molecule has 1 saturated carbocycles. The van der Waals surface area contributed by atoms with Crippen LogP contribution in [0.15, 0.2) is 24.3 Å². The molecule has 1 amide bonds. The van der Waals surface area contributed by atoms with E-state index < -0.39 is 0 Å². The van der Waals surface area contributed by atoms with Crippen LogP contribution in [-0.4, -0.2) is 23.9 Å². The lowest BCUT2D eigenvalue weighted by Crippen LogP contribution is -2.33. The second-order valence-corrected chi connectivity index (χ2v) is 6.56. The number of carbonyl (C=O) groups is 1.